The van der Waals surface area contributed by atoms with Crippen LogP contribution in [0.4, 0.5) is 4.39 Å². The summed E-state index contributed by atoms with van der Waals surface area (Å²) >= 11 is 0. The predicted molar refractivity (Wildman–Crippen MR) is 92.6 cm³/mol. The highest BCUT2D eigenvalue weighted by Crippen LogP contribution is 2.22. The third kappa shape index (κ3) is 3.23. The van der Waals surface area contributed by atoms with E-state index in [0.717, 1.165) is 31.5 Å². The molecule has 1 amide bonds. The second kappa shape index (κ2) is 6.60. The highest BCUT2D eigenvalue weighted by atomic mass is 19.1. The molecule has 0 radical (unpaired) electrons. The third-order valence-electron chi connectivity index (χ3n) is 4.43. The molecule has 0 atom stereocenters. The van der Waals surface area contributed by atoms with E-state index in [2.05, 4.69) is 25.6 Å². The number of benzene rings is 1. The fourth-order valence-electron chi connectivity index (χ4n) is 3.07. The molecule has 2 aromatic heterocycles. The molecule has 3 aromatic rings. The summed E-state index contributed by atoms with van der Waals surface area (Å²) in [5.41, 5.74) is 2.32. The molecule has 0 bridgehead atoms. The predicted octanol–water partition coefficient (Wildman–Crippen LogP) is 2.25. The Morgan fingerprint density at radius 3 is 2.68 bits per heavy atom. The van der Waals surface area contributed by atoms with Crippen LogP contribution in [0.3, 0.4) is 0 Å². The Morgan fingerprint density at radius 2 is 1.92 bits per heavy atom. The number of imidazole rings is 1. The Hall–Kier alpha value is -2.80. The number of nitrogens with zero attached hydrogens (tertiary/aromatic N) is 2. The Morgan fingerprint density at radius 1 is 1.16 bits per heavy atom. The monoisotopic (exact) mass is 339 g/mol. The van der Waals surface area contributed by atoms with E-state index in [1.54, 1.807) is 24.4 Å². The van der Waals surface area contributed by atoms with Crippen molar-refractivity contribution in [3.63, 3.8) is 0 Å². The fraction of sp³-hybridized carbons (Fsp3) is 0.278. The molecule has 128 valence electrons. The van der Waals surface area contributed by atoms with Gasteiger partial charge in [-0.15, -0.1) is 0 Å². The number of aromatic nitrogens is 3. The Kier molecular flexibility index (Phi) is 4.15. The molecular weight excluding hydrogens is 321 g/mol. The molecule has 3 N–H and O–H groups in total. The summed E-state index contributed by atoms with van der Waals surface area (Å²) in [4.78, 5) is 24.5. The normalized spacial score (nSPS) is 15.4. The van der Waals surface area contributed by atoms with Gasteiger partial charge in [-0.1, -0.05) is 0 Å². The first kappa shape index (κ1) is 15.7. The van der Waals surface area contributed by atoms with E-state index < -0.39 is 0 Å². The van der Waals surface area contributed by atoms with E-state index in [1.807, 2.05) is 0 Å². The lowest BCUT2D eigenvalue weighted by Crippen LogP contribution is -2.42. The van der Waals surface area contributed by atoms with Crippen LogP contribution in [0, 0.1) is 5.82 Å². The van der Waals surface area contributed by atoms with Crippen molar-refractivity contribution in [2.45, 2.75) is 18.9 Å². The lowest BCUT2D eigenvalue weighted by Gasteiger charge is -2.23. The number of nitrogens with one attached hydrogen (secondary N) is 3. The summed E-state index contributed by atoms with van der Waals surface area (Å²) in [5, 5.41) is 6.36. The van der Waals surface area contributed by atoms with Gasteiger partial charge in [-0.2, -0.15) is 0 Å². The van der Waals surface area contributed by atoms with Crippen LogP contribution in [0.15, 0.2) is 36.5 Å². The van der Waals surface area contributed by atoms with Crippen LogP contribution in [-0.2, 0) is 0 Å². The molecule has 1 aliphatic heterocycles. The van der Waals surface area contributed by atoms with Gasteiger partial charge in [0, 0.05) is 17.8 Å². The van der Waals surface area contributed by atoms with E-state index in [-0.39, 0.29) is 17.8 Å². The average molecular weight is 339 g/mol. The van der Waals surface area contributed by atoms with Gasteiger partial charge in [0.25, 0.3) is 5.91 Å². The summed E-state index contributed by atoms with van der Waals surface area (Å²) in [5.74, 6) is 0.123. The molecule has 0 spiro atoms. The maximum absolute atomic E-state index is 13.1. The van der Waals surface area contributed by atoms with Crippen LogP contribution < -0.4 is 10.6 Å². The highest BCUT2D eigenvalue weighted by molar-refractivity contribution is 6.04. The second-order valence-corrected chi connectivity index (χ2v) is 6.15. The first-order valence-electron chi connectivity index (χ1n) is 8.33. The van der Waals surface area contributed by atoms with Crippen molar-refractivity contribution in [1.82, 2.24) is 25.6 Å². The fourth-order valence-corrected chi connectivity index (χ4v) is 3.07. The minimum Gasteiger partial charge on any atom is -0.349 e. The van der Waals surface area contributed by atoms with E-state index in [4.69, 9.17) is 0 Å². The molecule has 1 aliphatic rings. The molecule has 1 saturated heterocycles. The smallest absolute Gasteiger partial charge is 0.253 e. The zero-order chi connectivity index (χ0) is 17.2. The molecule has 6 nitrogen and oxygen atoms in total. The maximum Gasteiger partial charge on any atom is 0.253 e. The minimum absolute atomic E-state index is 0.131. The number of halogens is 1. The summed E-state index contributed by atoms with van der Waals surface area (Å²) in [7, 11) is 0. The lowest BCUT2D eigenvalue weighted by atomic mass is 10.1. The molecular formula is C18H18FN5O. The lowest BCUT2D eigenvalue weighted by molar-refractivity contribution is 0.0931. The Balaban J connectivity index is 1.65. The zero-order valence-electron chi connectivity index (χ0n) is 13.6. The van der Waals surface area contributed by atoms with Gasteiger partial charge >= 0.3 is 0 Å². The summed E-state index contributed by atoms with van der Waals surface area (Å²) in [6, 6.07) is 7.90. The number of rotatable bonds is 3. The number of pyridine rings is 1. The molecule has 25 heavy (non-hydrogen) atoms. The van der Waals surface area contributed by atoms with Gasteiger partial charge in [0.15, 0.2) is 5.65 Å². The SMILES string of the molecule is O=C(NC1CCNCC1)c1ccnc2nc(-c3ccc(F)cc3)[nH]c12. The number of carbonyl (C=O) groups is 1. The summed E-state index contributed by atoms with van der Waals surface area (Å²) in [6.45, 7) is 1.82. The number of carbonyl (C=O) groups excluding carboxylic acids is 1. The van der Waals surface area contributed by atoms with Crippen LogP contribution in [0.1, 0.15) is 23.2 Å². The van der Waals surface area contributed by atoms with Gasteiger partial charge in [-0.25, -0.2) is 14.4 Å². The van der Waals surface area contributed by atoms with Crippen LogP contribution >= 0.6 is 0 Å². The molecule has 1 aromatic carbocycles. The Bertz CT molecular complexity index is 899. The molecule has 0 aliphatic carbocycles. The van der Waals surface area contributed by atoms with Crippen molar-refractivity contribution in [3.05, 3.63) is 47.9 Å². The zero-order valence-corrected chi connectivity index (χ0v) is 13.6. The molecule has 4 rings (SSSR count). The summed E-state index contributed by atoms with van der Waals surface area (Å²) in [6.07, 6.45) is 3.42. The average Bonchev–Trinajstić information content (AvgIpc) is 3.07. The van der Waals surface area contributed by atoms with Crippen molar-refractivity contribution in [3.8, 4) is 11.4 Å². The maximum atomic E-state index is 13.1. The van der Waals surface area contributed by atoms with Crippen LogP contribution in [-0.4, -0.2) is 40.0 Å². The van der Waals surface area contributed by atoms with E-state index in [0.29, 0.717) is 22.6 Å². The van der Waals surface area contributed by atoms with E-state index >= 15 is 0 Å². The number of fused-ring (bicyclic) bond motifs is 1. The number of amides is 1. The van der Waals surface area contributed by atoms with Crippen LogP contribution in [0.25, 0.3) is 22.6 Å². The van der Waals surface area contributed by atoms with Crippen molar-refractivity contribution >= 4 is 17.1 Å². The standard InChI is InChI=1S/C18H18FN5O/c19-12-3-1-11(2-4-12)16-23-15-14(7-10-21-17(15)24-16)18(25)22-13-5-8-20-9-6-13/h1-4,7,10,13,20H,5-6,8-9H2,(H,22,25)(H,21,23,24). The summed E-state index contributed by atoms with van der Waals surface area (Å²) < 4.78 is 13.1. The van der Waals surface area contributed by atoms with Crippen molar-refractivity contribution in [2.75, 3.05) is 13.1 Å². The van der Waals surface area contributed by atoms with Crippen molar-refractivity contribution in [2.24, 2.45) is 0 Å². The van der Waals surface area contributed by atoms with Gasteiger partial charge in [-0.3, -0.25) is 4.79 Å². The van der Waals surface area contributed by atoms with Crippen LogP contribution in [0.5, 0.6) is 0 Å². The van der Waals surface area contributed by atoms with Gasteiger partial charge in [0.05, 0.1) is 11.1 Å². The first-order chi connectivity index (χ1) is 12.2. The van der Waals surface area contributed by atoms with E-state index in [9.17, 15) is 9.18 Å². The van der Waals surface area contributed by atoms with Crippen LogP contribution in [0.2, 0.25) is 0 Å². The number of aromatic amines is 1. The van der Waals surface area contributed by atoms with Gasteiger partial charge in [0.1, 0.15) is 11.6 Å². The quantitative estimate of drug-likeness (QED) is 0.683. The number of hydrogen-bond acceptors (Lipinski definition) is 4. The number of hydrogen-bond donors (Lipinski definition) is 3. The molecule has 3 heterocycles. The molecule has 7 heteroatoms. The van der Waals surface area contributed by atoms with Gasteiger partial charge < -0.3 is 15.6 Å². The van der Waals surface area contributed by atoms with Crippen molar-refractivity contribution in [1.29, 1.82) is 0 Å². The number of H-pyrrole nitrogens is 1. The first-order valence-corrected chi connectivity index (χ1v) is 8.33. The molecule has 0 unspecified atom stereocenters. The highest BCUT2D eigenvalue weighted by Gasteiger charge is 2.19. The second-order valence-electron chi connectivity index (χ2n) is 6.15. The Labute approximate surface area is 143 Å². The van der Waals surface area contributed by atoms with Crippen molar-refractivity contribution < 1.29 is 9.18 Å². The van der Waals surface area contributed by atoms with Gasteiger partial charge in [0.2, 0.25) is 0 Å². The molecule has 1 fully saturated rings. The van der Waals surface area contributed by atoms with E-state index in [1.165, 1.54) is 12.1 Å². The third-order valence-corrected chi connectivity index (χ3v) is 4.43. The van der Waals surface area contributed by atoms with Gasteiger partial charge in [-0.05, 0) is 56.3 Å². The number of piperidine rings is 1. The largest absolute Gasteiger partial charge is 0.349 e. The topological polar surface area (TPSA) is 82.7 Å². The minimum atomic E-state index is -0.306. The molecule has 0 saturated carbocycles.